The molecule has 1 fully saturated rings. The third-order valence-corrected chi connectivity index (χ3v) is 5.47. The largest absolute Gasteiger partial charge is 0.454 e. The van der Waals surface area contributed by atoms with E-state index >= 15 is 0 Å². The second-order valence-corrected chi connectivity index (χ2v) is 7.66. The molecule has 1 aromatic heterocycles. The van der Waals surface area contributed by atoms with Gasteiger partial charge < -0.3 is 19.7 Å². The minimum atomic E-state index is -0.388. The molecule has 2 aliphatic heterocycles. The molecule has 9 heteroatoms. The molecule has 2 aliphatic rings. The number of fused-ring (bicyclic) bond motifs is 1. The van der Waals surface area contributed by atoms with Crippen molar-refractivity contribution in [1.29, 1.82) is 0 Å². The van der Waals surface area contributed by atoms with Crippen molar-refractivity contribution in [2.45, 2.75) is 6.54 Å². The molecule has 5 rings (SSSR count). The van der Waals surface area contributed by atoms with E-state index < -0.39 is 0 Å². The van der Waals surface area contributed by atoms with Gasteiger partial charge in [0.15, 0.2) is 11.5 Å². The van der Waals surface area contributed by atoms with Gasteiger partial charge in [-0.25, -0.2) is 14.8 Å². The van der Waals surface area contributed by atoms with Crippen molar-refractivity contribution in [2.24, 2.45) is 0 Å². The number of piperazine rings is 1. The summed E-state index contributed by atoms with van der Waals surface area (Å²) in [7, 11) is 0. The zero-order valence-corrected chi connectivity index (χ0v) is 17.5. The van der Waals surface area contributed by atoms with Gasteiger partial charge in [0.1, 0.15) is 18.0 Å². The van der Waals surface area contributed by atoms with Gasteiger partial charge in [0.05, 0.1) is 0 Å². The lowest BCUT2D eigenvalue weighted by molar-refractivity contribution is 0.174. The molecule has 0 radical (unpaired) electrons. The second-order valence-electron chi connectivity index (χ2n) is 7.66. The summed E-state index contributed by atoms with van der Waals surface area (Å²) in [6.45, 7) is 4.78. The normalized spacial score (nSPS) is 15.4. The number of aromatic nitrogens is 2. The van der Waals surface area contributed by atoms with Crippen molar-refractivity contribution >= 4 is 23.4 Å². The lowest BCUT2D eigenvalue weighted by Gasteiger charge is -2.35. The van der Waals surface area contributed by atoms with E-state index in [1.54, 1.807) is 24.3 Å². The van der Waals surface area contributed by atoms with Crippen LogP contribution in [0.15, 0.2) is 60.9 Å². The molecular formula is C23H24N6O3. The van der Waals surface area contributed by atoms with E-state index in [0.29, 0.717) is 23.0 Å². The minimum Gasteiger partial charge on any atom is -0.454 e. The lowest BCUT2D eigenvalue weighted by atomic mass is 10.2. The number of carbonyl (C=O) groups is 1. The van der Waals surface area contributed by atoms with E-state index in [4.69, 9.17) is 9.47 Å². The highest BCUT2D eigenvalue weighted by Crippen LogP contribution is 2.34. The molecule has 0 unspecified atom stereocenters. The summed E-state index contributed by atoms with van der Waals surface area (Å²) in [6.07, 6.45) is 1.47. The van der Waals surface area contributed by atoms with E-state index in [1.165, 1.54) is 11.9 Å². The fourth-order valence-electron chi connectivity index (χ4n) is 3.82. The first-order valence-corrected chi connectivity index (χ1v) is 10.5. The van der Waals surface area contributed by atoms with Gasteiger partial charge in [0, 0.05) is 50.5 Å². The summed E-state index contributed by atoms with van der Waals surface area (Å²) in [5.74, 6) is 2.52. The SMILES string of the molecule is O=C(Nc1ccc2c(c1)OCO2)Nc1cc(N2CCN(Cc3ccccc3)CC2)ncn1. The molecule has 2 N–H and O–H groups in total. The van der Waals surface area contributed by atoms with E-state index in [1.807, 2.05) is 6.07 Å². The maximum Gasteiger partial charge on any atom is 0.324 e. The van der Waals surface area contributed by atoms with Crippen LogP contribution in [0.5, 0.6) is 11.5 Å². The number of urea groups is 1. The molecule has 3 aromatic rings. The number of hydrogen-bond acceptors (Lipinski definition) is 7. The topological polar surface area (TPSA) is 91.9 Å². The van der Waals surface area contributed by atoms with Crippen molar-refractivity contribution in [1.82, 2.24) is 14.9 Å². The highest BCUT2D eigenvalue weighted by molar-refractivity contribution is 5.99. The number of nitrogens with one attached hydrogen (secondary N) is 2. The summed E-state index contributed by atoms with van der Waals surface area (Å²) >= 11 is 0. The Labute approximate surface area is 186 Å². The summed E-state index contributed by atoms with van der Waals surface area (Å²) in [6, 6.07) is 17.2. The van der Waals surface area contributed by atoms with Crippen LogP contribution < -0.4 is 25.0 Å². The fourth-order valence-corrected chi connectivity index (χ4v) is 3.82. The third kappa shape index (κ3) is 4.73. The van der Waals surface area contributed by atoms with Gasteiger partial charge in [-0.1, -0.05) is 30.3 Å². The number of ether oxygens (including phenoxy) is 2. The molecule has 3 heterocycles. The Bertz CT molecular complexity index is 1090. The Balaban J connectivity index is 1.15. The molecule has 0 spiro atoms. The molecule has 2 amide bonds. The van der Waals surface area contributed by atoms with Crippen LogP contribution in [0.25, 0.3) is 0 Å². The number of amides is 2. The first-order valence-electron chi connectivity index (χ1n) is 10.5. The lowest BCUT2D eigenvalue weighted by Crippen LogP contribution is -2.46. The Morgan fingerprint density at radius 3 is 2.56 bits per heavy atom. The summed E-state index contributed by atoms with van der Waals surface area (Å²) in [4.78, 5) is 25.6. The predicted molar refractivity (Wildman–Crippen MR) is 121 cm³/mol. The van der Waals surface area contributed by atoms with Crippen LogP contribution in [0.3, 0.4) is 0 Å². The fraction of sp³-hybridized carbons (Fsp3) is 0.261. The number of benzene rings is 2. The Morgan fingerprint density at radius 2 is 1.72 bits per heavy atom. The van der Waals surface area contributed by atoms with Crippen molar-refractivity contribution in [3.8, 4) is 11.5 Å². The maximum atomic E-state index is 12.4. The summed E-state index contributed by atoms with van der Waals surface area (Å²) < 4.78 is 10.6. The quantitative estimate of drug-likeness (QED) is 0.640. The zero-order valence-electron chi connectivity index (χ0n) is 17.5. The van der Waals surface area contributed by atoms with Crippen LogP contribution in [0.4, 0.5) is 22.1 Å². The summed E-state index contributed by atoms with van der Waals surface area (Å²) in [5, 5.41) is 5.55. The van der Waals surface area contributed by atoms with Crippen molar-refractivity contribution < 1.29 is 14.3 Å². The molecule has 9 nitrogen and oxygen atoms in total. The van der Waals surface area contributed by atoms with Gasteiger partial charge in [-0.15, -0.1) is 0 Å². The predicted octanol–water partition coefficient (Wildman–Crippen LogP) is 3.17. The second kappa shape index (κ2) is 9.11. The van der Waals surface area contributed by atoms with Gasteiger partial charge in [-0.2, -0.15) is 0 Å². The first-order chi connectivity index (χ1) is 15.7. The molecular weight excluding hydrogens is 408 g/mol. The molecule has 32 heavy (non-hydrogen) atoms. The molecule has 0 bridgehead atoms. The number of hydrogen-bond donors (Lipinski definition) is 2. The van der Waals surface area contributed by atoms with E-state index in [9.17, 15) is 4.79 Å². The average molecular weight is 432 g/mol. The van der Waals surface area contributed by atoms with E-state index in [0.717, 1.165) is 38.5 Å². The van der Waals surface area contributed by atoms with Crippen LogP contribution in [-0.2, 0) is 6.54 Å². The Kier molecular flexibility index (Phi) is 5.71. The van der Waals surface area contributed by atoms with Crippen molar-refractivity contribution in [2.75, 3.05) is 48.5 Å². The average Bonchev–Trinajstić information content (AvgIpc) is 3.28. The zero-order chi connectivity index (χ0) is 21.8. The maximum absolute atomic E-state index is 12.4. The standard InChI is InChI=1S/C23H24N6O3/c30-23(26-18-6-7-19-20(12-18)32-16-31-19)27-21-13-22(25-15-24-21)29-10-8-28(9-11-29)14-17-4-2-1-3-5-17/h1-7,12-13,15H,8-11,14,16H2,(H2,24,25,26,27,30). The Hall–Kier alpha value is -3.85. The molecule has 1 saturated heterocycles. The molecule has 2 aromatic carbocycles. The van der Waals surface area contributed by atoms with Gasteiger partial charge in [0.2, 0.25) is 6.79 Å². The van der Waals surface area contributed by atoms with Gasteiger partial charge in [-0.05, 0) is 17.7 Å². The monoisotopic (exact) mass is 432 g/mol. The minimum absolute atomic E-state index is 0.190. The molecule has 0 atom stereocenters. The summed E-state index contributed by atoms with van der Waals surface area (Å²) in [5.41, 5.74) is 1.93. The van der Waals surface area contributed by atoms with Crippen molar-refractivity contribution in [3.05, 3.63) is 66.5 Å². The third-order valence-electron chi connectivity index (χ3n) is 5.47. The number of carbonyl (C=O) groups excluding carboxylic acids is 1. The highest BCUT2D eigenvalue weighted by Gasteiger charge is 2.19. The highest BCUT2D eigenvalue weighted by atomic mass is 16.7. The first kappa shape index (κ1) is 20.1. The number of anilines is 3. The van der Waals surface area contributed by atoms with Gasteiger partial charge >= 0.3 is 6.03 Å². The number of rotatable bonds is 5. The van der Waals surface area contributed by atoms with Crippen LogP contribution >= 0.6 is 0 Å². The van der Waals surface area contributed by atoms with Crippen LogP contribution in [0.1, 0.15) is 5.56 Å². The van der Waals surface area contributed by atoms with Crippen LogP contribution in [0, 0.1) is 0 Å². The van der Waals surface area contributed by atoms with Gasteiger partial charge in [0.25, 0.3) is 0 Å². The van der Waals surface area contributed by atoms with Crippen molar-refractivity contribution in [3.63, 3.8) is 0 Å². The van der Waals surface area contributed by atoms with E-state index in [-0.39, 0.29) is 12.8 Å². The molecule has 0 aliphatic carbocycles. The van der Waals surface area contributed by atoms with Crippen LogP contribution in [0.2, 0.25) is 0 Å². The van der Waals surface area contributed by atoms with Gasteiger partial charge in [-0.3, -0.25) is 10.2 Å². The Morgan fingerprint density at radius 1 is 0.906 bits per heavy atom. The van der Waals surface area contributed by atoms with E-state index in [2.05, 4.69) is 54.7 Å². The molecule has 164 valence electrons. The number of nitrogens with zero attached hydrogens (tertiary/aromatic N) is 4. The van der Waals surface area contributed by atoms with Crippen LogP contribution in [-0.4, -0.2) is 53.9 Å². The smallest absolute Gasteiger partial charge is 0.324 e. The molecule has 0 saturated carbocycles.